The lowest BCUT2D eigenvalue weighted by molar-refractivity contribution is 0.374. The molecule has 0 aliphatic carbocycles. The molecular weight excluding hydrogens is 152 g/mol. The van der Waals surface area contributed by atoms with Gasteiger partial charge < -0.3 is 0 Å². The molecule has 0 spiro atoms. The molecule has 0 aliphatic heterocycles. The normalized spacial score (nSPS) is 12.0. The molecule has 4 heteroatoms. The summed E-state index contributed by atoms with van der Waals surface area (Å²) in [5, 5.41) is 11.8. The standard InChI is InChI=1S/C8H16N4/c1-8(2,3)6-5-7-9-11-12(4)10-7/h5-6H2,1-4H3. The topological polar surface area (TPSA) is 43.6 Å². The first-order valence-electron chi connectivity index (χ1n) is 4.20. The van der Waals surface area contributed by atoms with Crippen LogP contribution in [0.1, 0.15) is 33.0 Å². The molecule has 0 radical (unpaired) electrons. The number of hydrogen-bond donors (Lipinski definition) is 0. The lowest BCUT2D eigenvalue weighted by Gasteiger charge is -2.15. The molecule has 68 valence electrons. The first-order chi connectivity index (χ1) is 5.47. The molecule has 0 unspecified atom stereocenters. The Kier molecular flexibility index (Phi) is 2.45. The summed E-state index contributed by atoms with van der Waals surface area (Å²) in [4.78, 5) is 1.50. The average Bonchev–Trinajstić information content (AvgIpc) is 2.30. The molecule has 1 rings (SSSR count). The second-order valence-electron chi connectivity index (χ2n) is 4.26. The van der Waals surface area contributed by atoms with Crippen molar-refractivity contribution in [1.82, 2.24) is 20.2 Å². The minimum Gasteiger partial charge on any atom is -0.167 e. The summed E-state index contributed by atoms with van der Waals surface area (Å²) in [6.07, 6.45) is 2.01. The molecule has 1 aromatic rings. The molecule has 0 atom stereocenters. The quantitative estimate of drug-likeness (QED) is 0.666. The van der Waals surface area contributed by atoms with E-state index < -0.39 is 0 Å². The van der Waals surface area contributed by atoms with Gasteiger partial charge in [0.2, 0.25) is 0 Å². The predicted molar refractivity (Wildman–Crippen MR) is 46.6 cm³/mol. The highest BCUT2D eigenvalue weighted by atomic mass is 15.6. The van der Waals surface area contributed by atoms with Crippen LogP contribution < -0.4 is 0 Å². The summed E-state index contributed by atoms with van der Waals surface area (Å²) >= 11 is 0. The van der Waals surface area contributed by atoms with Crippen LogP contribution in [0.25, 0.3) is 0 Å². The second kappa shape index (κ2) is 3.21. The predicted octanol–water partition coefficient (Wildman–Crippen LogP) is 1.19. The van der Waals surface area contributed by atoms with Crippen molar-refractivity contribution in [3.05, 3.63) is 5.82 Å². The van der Waals surface area contributed by atoms with Crippen molar-refractivity contribution in [1.29, 1.82) is 0 Å². The summed E-state index contributed by atoms with van der Waals surface area (Å²) < 4.78 is 0. The van der Waals surface area contributed by atoms with Crippen LogP contribution >= 0.6 is 0 Å². The van der Waals surface area contributed by atoms with Crippen molar-refractivity contribution >= 4 is 0 Å². The van der Waals surface area contributed by atoms with Gasteiger partial charge in [0, 0.05) is 6.42 Å². The number of hydrogen-bond acceptors (Lipinski definition) is 3. The van der Waals surface area contributed by atoms with Crippen LogP contribution in [-0.4, -0.2) is 20.2 Å². The van der Waals surface area contributed by atoms with Crippen LogP contribution in [0.15, 0.2) is 0 Å². The molecule has 0 bridgehead atoms. The molecule has 0 fully saturated rings. The van der Waals surface area contributed by atoms with Crippen molar-refractivity contribution in [2.45, 2.75) is 33.6 Å². The molecule has 0 saturated heterocycles. The van der Waals surface area contributed by atoms with Crippen molar-refractivity contribution in [3.63, 3.8) is 0 Å². The van der Waals surface area contributed by atoms with Gasteiger partial charge in [-0.05, 0) is 17.0 Å². The minimum absolute atomic E-state index is 0.346. The zero-order valence-electron chi connectivity index (χ0n) is 8.20. The van der Waals surface area contributed by atoms with E-state index in [1.165, 1.54) is 4.80 Å². The maximum atomic E-state index is 4.11. The van der Waals surface area contributed by atoms with Gasteiger partial charge in [-0.1, -0.05) is 20.8 Å². The van der Waals surface area contributed by atoms with E-state index in [0.29, 0.717) is 5.41 Å². The first-order valence-corrected chi connectivity index (χ1v) is 4.20. The Balaban J connectivity index is 2.44. The molecule has 1 heterocycles. The van der Waals surface area contributed by atoms with Crippen LogP contribution in [0.3, 0.4) is 0 Å². The number of tetrazole rings is 1. The maximum absolute atomic E-state index is 4.11. The van der Waals surface area contributed by atoms with Gasteiger partial charge in [0.1, 0.15) is 0 Å². The molecular formula is C8H16N4. The fourth-order valence-corrected chi connectivity index (χ4v) is 0.910. The van der Waals surface area contributed by atoms with Crippen molar-refractivity contribution in [2.24, 2.45) is 12.5 Å². The Hall–Kier alpha value is -0.930. The van der Waals surface area contributed by atoms with Gasteiger partial charge in [-0.2, -0.15) is 4.80 Å². The lowest BCUT2D eigenvalue weighted by atomic mass is 9.90. The summed E-state index contributed by atoms with van der Waals surface area (Å²) in [7, 11) is 1.79. The van der Waals surface area contributed by atoms with Gasteiger partial charge in [0.05, 0.1) is 7.05 Å². The van der Waals surface area contributed by atoms with E-state index in [2.05, 4.69) is 36.2 Å². The third-order valence-electron chi connectivity index (χ3n) is 1.65. The molecule has 0 N–H and O–H groups in total. The lowest BCUT2D eigenvalue weighted by Crippen LogP contribution is -2.07. The van der Waals surface area contributed by atoms with Gasteiger partial charge in [-0.15, -0.1) is 10.2 Å². The third kappa shape index (κ3) is 2.98. The van der Waals surface area contributed by atoms with E-state index in [9.17, 15) is 0 Å². The molecule has 0 aliphatic rings. The Bertz CT molecular complexity index is 246. The zero-order chi connectivity index (χ0) is 9.19. The van der Waals surface area contributed by atoms with E-state index in [-0.39, 0.29) is 0 Å². The van der Waals surface area contributed by atoms with E-state index in [0.717, 1.165) is 18.7 Å². The van der Waals surface area contributed by atoms with Crippen molar-refractivity contribution in [2.75, 3.05) is 0 Å². The number of aryl methyl sites for hydroxylation is 2. The Morgan fingerprint density at radius 3 is 2.42 bits per heavy atom. The Morgan fingerprint density at radius 2 is 2.00 bits per heavy atom. The van der Waals surface area contributed by atoms with E-state index >= 15 is 0 Å². The minimum atomic E-state index is 0.346. The Labute approximate surface area is 73.0 Å². The molecule has 1 aromatic heterocycles. The number of aromatic nitrogens is 4. The van der Waals surface area contributed by atoms with Gasteiger partial charge in [0.15, 0.2) is 5.82 Å². The molecule has 0 aromatic carbocycles. The molecule has 4 nitrogen and oxygen atoms in total. The highest BCUT2D eigenvalue weighted by molar-refractivity contribution is 4.79. The number of rotatable bonds is 2. The van der Waals surface area contributed by atoms with Crippen LogP contribution in [0.4, 0.5) is 0 Å². The average molecular weight is 168 g/mol. The summed E-state index contributed by atoms with van der Waals surface area (Å²) in [6, 6.07) is 0. The van der Waals surface area contributed by atoms with E-state index in [4.69, 9.17) is 0 Å². The number of nitrogens with zero attached hydrogens (tertiary/aromatic N) is 4. The molecule has 12 heavy (non-hydrogen) atoms. The Morgan fingerprint density at radius 1 is 1.33 bits per heavy atom. The summed E-state index contributed by atoms with van der Waals surface area (Å²) in [5.74, 6) is 0.840. The molecule has 0 saturated carbocycles. The smallest absolute Gasteiger partial charge is 0.167 e. The third-order valence-corrected chi connectivity index (χ3v) is 1.65. The van der Waals surface area contributed by atoms with Gasteiger partial charge >= 0.3 is 0 Å². The SMILES string of the molecule is Cn1nnc(CCC(C)(C)C)n1. The fourth-order valence-electron chi connectivity index (χ4n) is 0.910. The van der Waals surface area contributed by atoms with Crippen LogP contribution in [-0.2, 0) is 13.5 Å². The monoisotopic (exact) mass is 168 g/mol. The summed E-state index contributed by atoms with van der Waals surface area (Å²) in [5.41, 5.74) is 0.346. The second-order valence-corrected chi connectivity index (χ2v) is 4.26. The van der Waals surface area contributed by atoms with Crippen molar-refractivity contribution in [3.8, 4) is 0 Å². The highest BCUT2D eigenvalue weighted by Gasteiger charge is 2.11. The highest BCUT2D eigenvalue weighted by Crippen LogP contribution is 2.19. The zero-order valence-corrected chi connectivity index (χ0v) is 8.20. The van der Waals surface area contributed by atoms with E-state index in [1.54, 1.807) is 7.05 Å². The van der Waals surface area contributed by atoms with Gasteiger partial charge in [-0.25, -0.2) is 0 Å². The van der Waals surface area contributed by atoms with Crippen molar-refractivity contribution < 1.29 is 0 Å². The van der Waals surface area contributed by atoms with Gasteiger partial charge in [0.25, 0.3) is 0 Å². The van der Waals surface area contributed by atoms with Crippen LogP contribution in [0, 0.1) is 5.41 Å². The van der Waals surface area contributed by atoms with E-state index in [1.807, 2.05) is 0 Å². The maximum Gasteiger partial charge on any atom is 0.174 e. The van der Waals surface area contributed by atoms with Crippen LogP contribution in [0.5, 0.6) is 0 Å². The molecule has 0 amide bonds. The fraction of sp³-hybridized carbons (Fsp3) is 0.875. The van der Waals surface area contributed by atoms with Gasteiger partial charge in [-0.3, -0.25) is 0 Å². The first kappa shape index (κ1) is 9.16. The summed E-state index contributed by atoms with van der Waals surface area (Å²) in [6.45, 7) is 6.64. The van der Waals surface area contributed by atoms with Crippen LogP contribution in [0.2, 0.25) is 0 Å². The largest absolute Gasteiger partial charge is 0.174 e.